The Morgan fingerprint density at radius 1 is 1.00 bits per heavy atom. The summed E-state index contributed by atoms with van der Waals surface area (Å²) in [7, 11) is -1.90. The van der Waals surface area contributed by atoms with Gasteiger partial charge in [-0.15, -0.1) is 0 Å². The molecule has 0 N–H and O–H groups in total. The van der Waals surface area contributed by atoms with Gasteiger partial charge in [0.05, 0.1) is 17.6 Å². The van der Waals surface area contributed by atoms with Crippen LogP contribution in [0.4, 0.5) is 0 Å². The van der Waals surface area contributed by atoms with Crippen LogP contribution in [0.5, 0.6) is 5.75 Å². The molecule has 0 saturated carbocycles. The van der Waals surface area contributed by atoms with Crippen molar-refractivity contribution >= 4 is 15.9 Å². The van der Waals surface area contributed by atoms with Crippen LogP contribution in [0.25, 0.3) is 11.5 Å². The van der Waals surface area contributed by atoms with Gasteiger partial charge in [0.2, 0.25) is 10.0 Å². The second-order valence-electron chi connectivity index (χ2n) is 8.86. The van der Waals surface area contributed by atoms with Gasteiger partial charge in [-0.25, -0.2) is 8.42 Å². The second kappa shape index (κ2) is 9.79. The number of ether oxygens (including phenoxy) is 1. The Kier molecular flexibility index (Phi) is 6.57. The molecule has 0 radical (unpaired) electrons. The lowest BCUT2D eigenvalue weighted by atomic mass is 9.95. The van der Waals surface area contributed by atoms with Crippen molar-refractivity contribution in [3.63, 3.8) is 0 Å². The van der Waals surface area contributed by atoms with Crippen molar-refractivity contribution in [3.8, 4) is 17.2 Å². The van der Waals surface area contributed by atoms with E-state index in [0.29, 0.717) is 54.8 Å². The van der Waals surface area contributed by atoms with E-state index in [0.717, 1.165) is 25.7 Å². The first-order valence-corrected chi connectivity index (χ1v) is 13.3. The Labute approximate surface area is 204 Å². The van der Waals surface area contributed by atoms with E-state index in [2.05, 4.69) is 10.1 Å². The number of hydrogen-bond donors (Lipinski definition) is 0. The van der Waals surface area contributed by atoms with Gasteiger partial charge in [-0.05, 0) is 62.1 Å². The number of likely N-dealkylation sites (tertiary alicyclic amines) is 1. The molecule has 2 fully saturated rings. The maximum Gasteiger partial charge on any atom is 0.257 e. The first kappa shape index (κ1) is 23.5. The smallest absolute Gasteiger partial charge is 0.257 e. The monoisotopic (exact) mass is 496 g/mol. The summed E-state index contributed by atoms with van der Waals surface area (Å²) in [6, 6.07) is 13.8. The first-order chi connectivity index (χ1) is 17.0. The number of methoxy groups -OCH3 is 1. The Morgan fingerprint density at radius 3 is 2.37 bits per heavy atom. The molecule has 2 aliphatic heterocycles. The fraction of sp³-hybridized carbons (Fsp3) is 0.400. The zero-order valence-corrected chi connectivity index (χ0v) is 20.4. The van der Waals surface area contributed by atoms with E-state index in [1.807, 2.05) is 17.0 Å². The van der Waals surface area contributed by atoms with Crippen molar-refractivity contribution in [3.05, 3.63) is 59.9 Å². The minimum Gasteiger partial charge on any atom is -0.496 e. The van der Waals surface area contributed by atoms with Crippen LogP contribution in [0.15, 0.2) is 57.9 Å². The summed E-state index contributed by atoms with van der Waals surface area (Å²) in [4.78, 5) is 19.6. The highest BCUT2D eigenvalue weighted by Gasteiger charge is 2.29. The topological polar surface area (TPSA) is 106 Å². The van der Waals surface area contributed by atoms with Crippen molar-refractivity contribution in [2.75, 3.05) is 33.3 Å². The lowest BCUT2D eigenvalue weighted by molar-refractivity contribution is 0.0707. The van der Waals surface area contributed by atoms with Crippen LogP contribution in [0.2, 0.25) is 0 Å². The molecule has 0 atom stereocenters. The molecule has 2 aromatic carbocycles. The maximum absolute atomic E-state index is 12.9. The van der Waals surface area contributed by atoms with Gasteiger partial charge in [0.1, 0.15) is 5.75 Å². The van der Waals surface area contributed by atoms with Gasteiger partial charge in [0.15, 0.2) is 5.82 Å². The van der Waals surface area contributed by atoms with Gasteiger partial charge in [-0.2, -0.15) is 9.29 Å². The van der Waals surface area contributed by atoms with E-state index in [1.54, 1.807) is 43.5 Å². The number of carbonyl (C=O) groups excluding carboxylic acids is 1. The number of piperidine rings is 1. The molecule has 5 rings (SSSR count). The summed E-state index contributed by atoms with van der Waals surface area (Å²) in [6.45, 7) is 2.32. The highest BCUT2D eigenvalue weighted by molar-refractivity contribution is 7.89. The molecular formula is C25H28N4O5S. The number of sulfonamides is 1. The molecule has 2 saturated heterocycles. The SMILES string of the molecule is COc1ccccc1C(=O)N1CCC(c2noc(-c3ccc(S(=O)(=O)N4CCCC4)cc3)n2)CC1. The highest BCUT2D eigenvalue weighted by atomic mass is 32.2. The number of hydrogen-bond acceptors (Lipinski definition) is 7. The van der Waals surface area contributed by atoms with Crippen LogP contribution in [0, 0.1) is 0 Å². The molecule has 35 heavy (non-hydrogen) atoms. The van der Waals surface area contributed by atoms with Crippen LogP contribution in [-0.4, -0.2) is 67.0 Å². The molecule has 0 unspecified atom stereocenters. The zero-order chi connectivity index (χ0) is 24.4. The lowest BCUT2D eigenvalue weighted by Crippen LogP contribution is -2.38. The third-order valence-electron chi connectivity index (χ3n) is 6.73. The standard InChI is InChI=1S/C25H28N4O5S/c1-33-22-7-3-2-6-21(22)25(30)28-16-12-18(13-17-28)23-26-24(34-27-23)19-8-10-20(11-9-19)35(31,32)29-14-4-5-15-29/h2-3,6-11,18H,4-5,12-17H2,1H3. The number of rotatable bonds is 6. The Bertz CT molecular complexity index is 1290. The molecule has 1 aromatic heterocycles. The fourth-order valence-corrected chi connectivity index (χ4v) is 6.21. The molecule has 3 heterocycles. The Hall–Kier alpha value is -3.24. The average molecular weight is 497 g/mol. The molecule has 10 heteroatoms. The third kappa shape index (κ3) is 4.68. The molecule has 0 aliphatic carbocycles. The van der Waals surface area contributed by atoms with Crippen molar-refractivity contribution in [1.82, 2.24) is 19.3 Å². The first-order valence-electron chi connectivity index (χ1n) is 11.8. The summed E-state index contributed by atoms with van der Waals surface area (Å²) in [6.07, 6.45) is 3.25. The van der Waals surface area contributed by atoms with Gasteiger partial charge in [0, 0.05) is 37.7 Å². The summed E-state index contributed by atoms with van der Waals surface area (Å²) >= 11 is 0. The minimum atomic E-state index is -3.46. The van der Waals surface area contributed by atoms with Crippen LogP contribution < -0.4 is 4.74 Å². The number of para-hydroxylation sites is 1. The molecule has 9 nitrogen and oxygen atoms in total. The molecule has 0 spiro atoms. The Balaban J connectivity index is 1.23. The van der Waals surface area contributed by atoms with E-state index in [9.17, 15) is 13.2 Å². The largest absolute Gasteiger partial charge is 0.496 e. The summed E-state index contributed by atoms with van der Waals surface area (Å²) < 4.78 is 37.8. The highest BCUT2D eigenvalue weighted by Crippen LogP contribution is 2.30. The Morgan fingerprint density at radius 2 is 1.69 bits per heavy atom. The van der Waals surface area contributed by atoms with Crippen molar-refractivity contribution < 1.29 is 22.5 Å². The predicted molar refractivity (Wildman–Crippen MR) is 129 cm³/mol. The normalized spacial score (nSPS) is 17.6. The lowest BCUT2D eigenvalue weighted by Gasteiger charge is -2.31. The van der Waals surface area contributed by atoms with Crippen LogP contribution in [-0.2, 0) is 10.0 Å². The van der Waals surface area contributed by atoms with Crippen molar-refractivity contribution in [1.29, 1.82) is 0 Å². The second-order valence-corrected chi connectivity index (χ2v) is 10.8. The molecule has 1 amide bonds. The maximum atomic E-state index is 12.9. The van der Waals surface area contributed by atoms with Crippen LogP contribution >= 0.6 is 0 Å². The van der Waals surface area contributed by atoms with Crippen LogP contribution in [0.1, 0.15) is 47.8 Å². The third-order valence-corrected chi connectivity index (χ3v) is 8.64. The minimum absolute atomic E-state index is 0.0429. The summed E-state index contributed by atoms with van der Waals surface area (Å²) in [5, 5.41) is 4.17. The van der Waals surface area contributed by atoms with Crippen LogP contribution in [0.3, 0.4) is 0 Å². The predicted octanol–water partition coefficient (Wildman–Crippen LogP) is 3.55. The van der Waals surface area contributed by atoms with E-state index in [1.165, 1.54) is 4.31 Å². The number of aromatic nitrogens is 2. The zero-order valence-electron chi connectivity index (χ0n) is 19.6. The fourth-order valence-electron chi connectivity index (χ4n) is 4.70. The number of amides is 1. The molecule has 2 aliphatic rings. The summed E-state index contributed by atoms with van der Waals surface area (Å²) in [5.41, 5.74) is 1.23. The number of nitrogens with zero attached hydrogens (tertiary/aromatic N) is 4. The van der Waals surface area contributed by atoms with Gasteiger partial charge in [0.25, 0.3) is 11.8 Å². The number of carbonyl (C=O) groups is 1. The van der Waals surface area contributed by atoms with E-state index < -0.39 is 10.0 Å². The number of benzene rings is 2. The van der Waals surface area contributed by atoms with Gasteiger partial charge in [-0.3, -0.25) is 4.79 Å². The van der Waals surface area contributed by atoms with E-state index >= 15 is 0 Å². The molecule has 0 bridgehead atoms. The van der Waals surface area contributed by atoms with E-state index in [4.69, 9.17) is 9.26 Å². The summed E-state index contributed by atoms with van der Waals surface area (Å²) in [5.74, 6) is 1.58. The average Bonchev–Trinajstić information content (AvgIpc) is 3.62. The molecular weight excluding hydrogens is 468 g/mol. The quantitative estimate of drug-likeness (QED) is 0.514. The van der Waals surface area contributed by atoms with E-state index in [-0.39, 0.29) is 16.7 Å². The van der Waals surface area contributed by atoms with Gasteiger partial charge in [-0.1, -0.05) is 17.3 Å². The molecule has 184 valence electrons. The van der Waals surface area contributed by atoms with Gasteiger partial charge < -0.3 is 14.2 Å². The van der Waals surface area contributed by atoms with Gasteiger partial charge >= 0.3 is 0 Å². The molecule has 3 aromatic rings. The van der Waals surface area contributed by atoms with Crippen molar-refractivity contribution in [2.45, 2.75) is 36.5 Å². The van der Waals surface area contributed by atoms with Crippen molar-refractivity contribution in [2.24, 2.45) is 0 Å².